The van der Waals surface area contributed by atoms with Crippen LogP contribution in [0.1, 0.15) is 11.1 Å². The fourth-order valence-corrected chi connectivity index (χ4v) is 5.43. The van der Waals surface area contributed by atoms with Gasteiger partial charge < -0.3 is 23.7 Å². The molecule has 8 aromatic rings. The molecule has 44 heavy (non-hydrogen) atoms. The van der Waals surface area contributed by atoms with E-state index < -0.39 is 0 Å². The molecule has 224 valence electrons. The third-order valence-electron chi connectivity index (χ3n) is 7.17. The second kappa shape index (κ2) is 16.3. The van der Waals surface area contributed by atoms with Crippen LogP contribution < -0.4 is 0 Å². The summed E-state index contributed by atoms with van der Waals surface area (Å²) < 4.78 is 11.9. The van der Waals surface area contributed by atoms with Crippen LogP contribution >= 0.6 is 24.8 Å². The first-order valence-corrected chi connectivity index (χ1v) is 17.4. The summed E-state index contributed by atoms with van der Waals surface area (Å²) in [5.74, 6) is 1.88. The summed E-state index contributed by atoms with van der Waals surface area (Å²) >= 11 is 1.36. The van der Waals surface area contributed by atoms with Crippen molar-refractivity contribution in [2.75, 3.05) is 0 Å². The number of fused-ring (bicyclic) bond motifs is 4. The van der Waals surface area contributed by atoms with Crippen molar-refractivity contribution < 1.29 is 32.2 Å². The molecular formula is C38H34Cl2O2SiZr-4. The van der Waals surface area contributed by atoms with E-state index in [0.29, 0.717) is 0 Å². The molecule has 0 bridgehead atoms. The van der Waals surface area contributed by atoms with Crippen LogP contribution in [0.15, 0.2) is 130 Å². The molecular weight excluding hydrogens is 679 g/mol. The molecule has 0 atom stereocenters. The summed E-state index contributed by atoms with van der Waals surface area (Å²) in [5, 5.41) is 7.37. The molecule has 0 aliphatic rings. The van der Waals surface area contributed by atoms with Gasteiger partial charge in [0.1, 0.15) is 22.7 Å². The van der Waals surface area contributed by atoms with E-state index in [9.17, 15) is 0 Å². The van der Waals surface area contributed by atoms with Crippen LogP contribution in [0.5, 0.6) is 0 Å². The Hall–Kier alpha value is -3.14. The fraction of sp³-hybridized carbons (Fsp3) is 0.0526. The van der Waals surface area contributed by atoms with E-state index in [1.165, 1.54) is 67.1 Å². The summed E-state index contributed by atoms with van der Waals surface area (Å²) in [6.07, 6.45) is 0. The van der Waals surface area contributed by atoms with Gasteiger partial charge >= 0.3 is 30.2 Å². The van der Waals surface area contributed by atoms with E-state index in [2.05, 4.69) is 106 Å². The van der Waals surface area contributed by atoms with E-state index in [4.69, 9.17) is 8.83 Å². The van der Waals surface area contributed by atoms with Gasteiger partial charge in [-0.25, -0.2) is 0 Å². The average molecular weight is 713 g/mol. The average Bonchev–Trinajstić information content (AvgIpc) is 3.76. The predicted octanol–water partition coefficient (Wildman–Crippen LogP) is 11.9. The van der Waals surface area contributed by atoms with Crippen molar-refractivity contribution in [1.82, 2.24) is 0 Å². The minimum atomic E-state index is 0. The first kappa shape index (κ1) is 37.0. The normalized spacial score (nSPS) is 9.93. The van der Waals surface area contributed by atoms with Gasteiger partial charge in [-0.3, -0.25) is 0 Å². The Kier molecular flexibility index (Phi) is 13.7. The number of para-hydroxylation sites is 2. The number of benzene rings is 4. The quantitative estimate of drug-likeness (QED) is 0.132. The molecule has 0 aliphatic heterocycles. The minimum absolute atomic E-state index is 0. The fourth-order valence-electron chi connectivity index (χ4n) is 5.43. The van der Waals surface area contributed by atoms with Gasteiger partial charge in [-0.2, -0.15) is 12.1 Å². The summed E-state index contributed by atoms with van der Waals surface area (Å²) in [6.45, 7) is 7.32. The van der Waals surface area contributed by atoms with Crippen LogP contribution in [0, 0.1) is 28.7 Å². The first-order chi connectivity index (χ1) is 19.6. The monoisotopic (exact) mass is 710 g/mol. The molecule has 0 spiro atoms. The zero-order valence-electron chi connectivity index (χ0n) is 25.2. The van der Waals surface area contributed by atoms with Gasteiger partial charge in [0, 0.05) is 10.8 Å². The Morgan fingerprint density at radius 1 is 0.523 bits per heavy atom. The van der Waals surface area contributed by atoms with Crippen molar-refractivity contribution in [3.8, 4) is 22.6 Å². The zero-order chi connectivity index (χ0) is 27.6. The van der Waals surface area contributed by atoms with Gasteiger partial charge in [-0.05, 0) is 35.4 Å². The van der Waals surface area contributed by atoms with Gasteiger partial charge in [0.15, 0.2) is 0 Å². The molecule has 6 aromatic carbocycles. The third kappa shape index (κ3) is 7.38. The molecule has 2 radical (unpaired) electrons. The molecule has 0 amide bonds. The van der Waals surface area contributed by atoms with E-state index in [-0.39, 0.29) is 39.7 Å². The van der Waals surface area contributed by atoms with Gasteiger partial charge in [0.25, 0.3) is 0 Å². The van der Waals surface area contributed by atoms with Crippen LogP contribution in [0.25, 0.3) is 66.1 Å². The Bertz CT molecular complexity index is 1880. The van der Waals surface area contributed by atoms with E-state index in [0.717, 1.165) is 33.5 Å². The van der Waals surface area contributed by atoms with E-state index in [1.54, 1.807) is 0 Å². The molecule has 0 N–H and O–H groups in total. The molecule has 8 rings (SSSR count). The van der Waals surface area contributed by atoms with Crippen LogP contribution in [-0.2, 0) is 23.3 Å². The van der Waals surface area contributed by atoms with E-state index in [1.807, 2.05) is 36.4 Å². The Labute approximate surface area is 289 Å². The SMILES string of the molecule is Cc1cc2c(-c3cc4ccccc4o3)cccc2[cH-]1.Cc1cc2c(-c3cc4ccccc4o3)cccc2[cH-]1.Cl.Cl.[CH3-].[CH3-].[Si]=[Zr]. The summed E-state index contributed by atoms with van der Waals surface area (Å²) in [4.78, 5) is 0. The Morgan fingerprint density at radius 3 is 1.30 bits per heavy atom. The van der Waals surface area contributed by atoms with Crippen LogP contribution in [0.3, 0.4) is 0 Å². The molecule has 0 fully saturated rings. The van der Waals surface area contributed by atoms with Gasteiger partial charge in [-0.1, -0.05) is 62.4 Å². The zero-order valence-corrected chi connectivity index (χ0v) is 30.3. The molecule has 2 aromatic heterocycles. The number of hydrogen-bond acceptors (Lipinski definition) is 2. The summed E-state index contributed by atoms with van der Waals surface area (Å²) in [5.41, 5.74) is 6.80. The topological polar surface area (TPSA) is 26.3 Å². The van der Waals surface area contributed by atoms with Crippen molar-refractivity contribution >= 4 is 75.2 Å². The molecule has 0 saturated heterocycles. The van der Waals surface area contributed by atoms with Gasteiger partial charge in [0.05, 0.1) is 0 Å². The van der Waals surface area contributed by atoms with Crippen molar-refractivity contribution in [2.24, 2.45) is 0 Å². The van der Waals surface area contributed by atoms with E-state index >= 15 is 0 Å². The molecule has 2 nitrogen and oxygen atoms in total. The maximum absolute atomic E-state index is 5.97. The van der Waals surface area contributed by atoms with Gasteiger partial charge in [-0.15, -0.1) is 93.9 Å². The summed E-state index contributed by atoms with van der Waals surface area (Å²) in [7, 11) is 0. The standard InChI is InChI=1S/2C18H13O.2CH3.2ClH.Si.Zr/c2*1-12-9-13-6-4-7-15(16(13)10-12)18-11-14-5-2-3-8-17(14)19-18;;;;;;/h2*2-11H,1H3;2*1H3;2*1H;;/q4*-1;;;;. The first-order valence-electron chi connectivity index (χ1n) is 13.2. The van der Waals surface area contributed by atoms with Crippen LogP contribution in [0.2, 0.25) is 0 Å². The Balaban J connectivity index is 0.000000268. The summed E-state index contributed by atoms with van der Waals surface area (Å²) in [6, 6.07) is 42.1. The molecule has 2 heterocycles. The van der Waals surface area contributed by atoms with Crippen LogP contribution in [0.4, 0.5) is 0 Å². The predicted molar refractivity (Wildman–Crippen MR) is 192 cm³/mol. The number of rotatable bonds is 2. The molecule has 0 aliphatic carbocycles. The van der Waals surface area contributed by atoms with Crippen LogP contribution in [-0.4, -0.2) is 6.88 Å². The maximum atomic E-state index is 5.97. The Morgan fingerprint density at radius 2 is 0.909 bits per heavy atom. The molecule has 0 unspecified atom stereocenters. The third-order valence-corrected chi connectivity index (χ3v) is 7.17. The van der Waals surface area contributed by atoms with Crippen molar-refractivity contribution in [3.63, 3.8) is 0 Å². The molecule has 0 saturated carbocycles. The molecule has 6 heteroatoms. The second-order valence-corrected chi connectivity index (χ2v) is 9.98. The van der Waals surface area contributed by atoms with Crippen molar-refractivity contribution in [2.45, 2.75) is 13.8 Å². The van der Waals surface area contributed by atoms with Crippen molar-refractivity contribution in [3.05, 3.63) is 147 Å². The second-order valence-electron chi connectivity index (χ2n) is 9.98. The number of aryl methyl sites for hydroxylation is 2. The number of hydrogen-bond donors (Lipinski definition) is 0. The van der Waals surface area contributed by atoms with Crippen molar-refractivity contribution in [1.29, 1.82) is 0 Å². The van der Waals surface area contributed by atoms with Gasteiger partial charge in [0.2, 0.25) is 0 Å². The number of furan rings is 2. The number of halogens is 2.